The Kier molecular flexibility index (Phi) is 3.70. The Balaban J connectivity index is 1.76. The zero-order valence-electron chi connectivity index (χ0n) is 12.4. The van der Waals surface area contributed by atoms with Crippen molar-refractivity contribution < 1.29 is 13.2 Å². The van der Waals surface area contributed by atoms with Crippen molar-refractivity contribution in [1.82, 2.24) is 9.88 Å². The number of primary sulfonamides is 1. The van der Waals surface area contributed by atoms with Crippen LogP contribution >= 0.6 is 0 Å². The van der Waals surface area contributed by atoms with Crippen LogP contribution in [0.4, 0.5) is 0 Å². The van der Waals surface area contributed by atoms with Crippen LogP contribution in [0.1, 0.15) is 22.5 Å². The number of rotatable bonds is 3. The van der Waals surface area contributed by atoms with Crippen molar-refractivity contribution in [1.29, 1.82) is 0 Å². The smallest absolute Gasteiger partial charge is 0.270 e. The van der Waals surface area contributed by atoms with Crippen molar-refractivity contribution in [3.63, 3.8) is 0 Å². The van der Waals surface area contributed by atoms with Gasteiger partial charge in [0.1, 0.15) is 5.69 Å². The van der Waals surface area contributed by atoms with Crippen molar-refractivity contribution in [3.05, 3.63) is 35.5 Å². The molecule has 118 valence electrons. The van der Waals surface area contributed by atoms with E-state index < -0.39 is 10.0 Å². The lowest BCUT2D eigenvalue weighted by atomic mass is 10.2. The van der Waals surface area contributed by atoms with Gasteiger partial charge in [-0.25, -0.2) is 13.6 Å². The predicted octanol–water partition coefficient (Wildman–Crippen LogP) is 1.23. The quantitative estimate of drug-likeness (QED) is 0.890. The number of benzene rings is 1. The van der Waals surface area contributed by atoms with Crippen LogP contribution in [0, 0.1) is 12.8 Å². The number of sulfonamides is 1. The molecule has 1 aliphatic heterocycles. The number of carbonyl (C=O) groups is 1. The van der Waals surface area contributed by atoms with E-state index in [1.54, 1.807) is 4.90 Å². The molecular weight excluding hydrogens is 302 g/mol. The molecule has 0 spiro atoms. The fourth-order valence-corrected chi connectivity index (χ4v) is 3.95. The number of aromatic amines is 1. The van der Waals surface area contributed by atoms with Gasteiger partial charge in [0.2, 0.25) is 10.0 Å². The maximum Gasteiger partial charge on any atom is 0.270 e. The first-order chi connectivity index (χ1) is 10.3. The fourth-order valence-electron chi connectivity index (χ4n) is 3.02. The number of carbonyl (C=O) groups excluding carboxylic acids is 1. The Bertz CT molecular complexity index is 826. The van der Waals surface area contributed by atoms with E-state index in [2.05, 4.69) is 4.98 Å². The summed E-state index contributed by atoms with van der Waals surface area (Å²) in [6.45, 7) is 3.00. The number of nitrogens with zero attached hydrogens (tertiary/aromatic N) is 1. The van der Waals surface area contributed by atoms with Gasteiger partial charge in [0, 0.05) is 24.0 Å². The predicted molar refractivity (Wildman–Crippen MR) is 85.0 cm³/mol. The molecule has 0 unspecified atom stereocenters. The van der Waals surface area contributed by atoms with E-state index in [9.17, 15) is 13.2 Å². The summed E-state index contributed by atoms with van der Waals surface area (Å²) < 4.78 is 22.3. The number of likely N-dealkylation sites (tertiary alicyclic amines) is 1. The molecule has 3 rings (SSSR count). The zero-order valence-corrected chi connectivity index (χ0v) is 13.2. The molecule has 2 aromatic rings. The number of hydrogen-bond acceptors (Lipinski definition) is 3. The summed E-state index contributed by atoms with van der Waals surface area (Å²) in [6, 6.07) is 7.81. The maximum absolute atomic E-state index is 12.5. The molecule has 2 heterocycles. The van der Waals surface area contributed by atoms with E-state index in [-0.39, 0.29) is 17.6 Å². The number of fused-ring (bicyclic) bond motifs is 1. The summed E-state index contributed by atoms with van der Waals surface area (Å²) >= 11 is 0. The summed E-state index contributed by atoms with van der Waals surface area (Å²) in [5, 5.41) is 6.08. The Morgan fingerprint density at radius 3 is 2.91 bits per heavy atom. The van der Waals surface area contributed by atoms with Crippen molar-refractivity contribution in [2.24, 2.45) is 11.1 Å². The van der Waals surface area contributed by atoms with E-state index >= 15 is 0 Å². The molecule has 7 heteroatoms. The van der Waals surface area contributed by atoms with Gasteiger partial charge in [-0.2, -0.15) is 0 Å². The number of aromatic nitrogens is 1. The molecule has 1 atom stereocenters. The van der Waals surface area contributed by atoms with Crippen molar-refractivity contribution >= 4 is 26.8 Å². The second-order valence-electron chi connectivity index (χ2n) is 6.01. The lowest BCUT2D eigenvalue weighted by Gasteiger charge is -2.15. The van der Waals surface area contributed by atoms with Gasteiger partial charge in [-0.05, 0) is 37.5 Å². The van der Waals surface area contributed by atoms with E-state index in [1.807, 2.05) is 31.2 Å². The lowest BCUT2D eigenvalue weighted by Crippen LogP contribution is -2.31. The molecule has 1 aromatic heterocycles. The van der Waals surface area contributed by atoms with Gasteiger partial charge in [0.05, 0.1) is 5.75 Å². The number of hydrogen-bond donors (Lipinski definition) is 2. The van der Waals surface area contributed by atoms with Gasteiger partial charge >= 0.3 is 0 Å². The summed E-state index contributed by atoms with van der Waals surface area (Å²) in [4.78, 5) is 17.3. The largest absolute Gasteiger partial charge is 0.351 e. The molecule has 0 radical (unpaired) electrons. The van der Waals surface area contributed by atoms with Crippen LogP contribution in [0.3, 0.4) is 0 Å². The molecule has 1 saturated heterocycles. The van der Waals surface area contributed by atoms with Gasteiger partial charge in [0.15, 0.2) is 0 Å². The van der Waals surface area contributed by atoms with Crippen molar-refractivity contribution in [3.8, 4) is 0 Å². The molecule has 1 aliphatic rings. The molecule has 0 bridgehead atoms. The van der Waals surface area contributed by atoms with Gasteiger partial charge in [-0.3, -0.25) is 4.79 Å². The van der Waals surface area contributed by atoms with E-state index in [4.69, 9.17) is 5.14 Å². The lowest BCUT2D eigenvalue weighted by molar-refractivity contribution is 0.0783. The van der Waals surface area contributed by atoms with E-state index in [0.717, 1.165) is 16.5 Å². The topological polar surface area (TPSA) is 96.3 Å². The molecule has 0 aliphatic carbocycles. The second-order valence-corrected chi connectivity index (χ2v) is 7.67. The summed E-state index contributed by atoms with van der Waals surface area (Å²) in [5.41, 5.74) is 2.60. The Labute approximate surface area is 129 Å². The van der Waals surface area contributed by atoms with Crippen molar-refractivity contribution in [2.45, 2.75) is 13.3 Å². The fraction of sp³-hybridized carbons (Fsp3) is 0.400. The Morgan fingerprint density at radius 2 is 2.18 bits per heavy atom. The molecular formula is C15H19N3O3S. The molecule has 1 aromatic carbocycles. The number of amides is 1. The summed E-state index contributed by atoms with van der Waals surface area (Å²) in [5.74, 6) is -0.237. The average molecular weight is 321 g/mol. The molecule has 1 amide bonds. The van der Waals surface area contributed by atoms with Crippen LogP contribution in [0.25, 0.3) is 10.9 Å². The normalized spacial score (nSPS) is 19.0. The third-order valence-electron chi connectivity index (χ3n) is 4.05. The summed E-state index contributed by atoms with van der Waals surface area (Å²) in [6.07, 6.45) is 0.668. The monoisotopic (exact) mass is 321 g/mol. The van der Waals surface area contributed by atoms with Crippen LogP contribution in [0.5, 0.6) is 0 Å². The highest BCUT2D eigenvalue weighted by molar-refractivity contribution is 7.89. The standard InChI is InChI=1S/C15H19N3O3S/c1-10-2-3-13-12(6-10)7-14(17-13)15(19)18-5-4-11(8-18)9-22(16,20)21/h2-3,6-7,11,17H,4-5,8-9H2,1H3,(H2,16,20,21)/t11-/m1/s1. The highest BCUT2D eigenvalue weighted by Crippen LogP contribution is 2.22. The summed E-state index contributed by atoms with van der Waals surface area (Å²) in [7, 11) is -3.49. The Morgan fingerprint density at radius 1 is 1.41 bits per heavy atom. The van der Waals surface area contributed by atoms with E-state index in [0.29, 0.717) is 25.2 Å². The first kappa shape index (κ1) is 15.1. The van der Waals surface area contributed by atoms with Gasteiger partial charge in [0.25, 0.3) is 5.91 Å². The first-order valence-corrected chi connectivity index (χ1v) is 8.92. The zero-order chi connectivity index (χ0) is 15.9. The number of aryl methyl sites for hydroxylation is 1. The highest BCUT2D eigenvalue weighted by atomic mass is 32.2. The maximum atomic E-state index is 12.5. The third kappa shape index (κ3) is 3.15. The van der Waals surface area contributed by atoms with E-state index in [1.165, 1.54) is 0 Å². The third-order valence-corrected chi connectivity index (χ3v) is 4.98. The Hall–Kier alpha value is -1.86. The van der Waals surface area contributed by atoms with Crippen molar-refractivity contribution in [2.75, 3.05) is 18.8 Å². The minimum absolute atomic E-state index is 0.0668. The minimum atomic E-state index is -3.49. The van der Waals surface area contributed by atoms with Crippen LogP contribution in [-0.2, 0) is 10.0 Å². The van der Waals surface area contributed by atoms with Crippen LogP contribution in [-0.4, -0.2) is 43.1 Å². The molecule has 22 heavy (non-hydrogen) atoms. The second kappa shape index (κ2) is 5.40. The van der Waals surface area contributed by atoms with Gasteiger partial charge in [-0.15, -0.1) is 0 Å². The van der Waals surface area contributed by atoms with Crippen LogP contribution in [0.15, 0.2) is 24.3 Å². The molecule has 3 N–H and O–H groups in total. The molecule has 1 fully saturated rings. The number of nitrogens with one attached hydrogen (secondary N) is 1. The first-order valence-electron chi connectivity index (χ1n) is 7.21. The highest BCUT2D eigenvalue weighted by Gasteiger charge is 2.29. The SMILES string of the molecule is Cc1ccc2[nH]c(C(=O)N3CC[C@@H](CS(N)(=O)=O)C3)cc2c1. The molecule has 6 nitrogen and oxygen atoms in total. The van der Waals surface area contributed by atoms with Gasteiger partial charge in [-0.1, -0.05) is 11.6 Å². The van der Waals surface area contributed by atoms with Crippen LogP contribution < -0.4 is 5.14 Å². The van der Waals surface area contributed by atoms with Gasteiger partial charge < -0.3 is 9.88 Å². The molecule has 0 saturated carbocycles. The number of nitrogens with two attached hydrogens (primary N) is 1. The number of H-pyrrole nitrogens is 1. The average Bonchev–Trinajstić information content (AvgIpc) is 3.02. The van der Waals surface area contributed by atoms with Crippen LogP contribution in [0.2, 0.25) is 0 Å². The minimum Gasteiger partial charge on any atom is -0.351 e.